The Morgan fingerprint density at radius 3 is 1.50 bits per heavy atom. The maximum Gasteiger partial charge on any atom is 0.0411 e. The second-order valence-corrected chi connectivity index (χ2v) is 8.86. The maximum atomic E-state index is 3.60. The van der Waals surface area contributed by atoms with Crippen molar-refractivity contribution in [3.8, 4) is 22.3 Å². The first-order valence-electron chi connectivity index (χ1n) is 12.2. The molecule has 0 aliphatic rings. The summed E-state index contributed by atoms with van der Waals surface area (Å²) < 4.78 is 0. The smallest absolute Gasteiger partial charge is 0.0411 e. The SMILES string of the molecule is c1ccc(Nc2cc(Nc3ccccc3)cc(-c3ccc4ccccc4c3-c3ccccc3)c2)cc1. The molecule has 2 N–H and O–H groups in total. The lowest BCUT2D eigenvalue weighted by Crippen LogP contribution is -1.96. The molecular weight excluding hydrogens is 436 g/mol. The van der Waals surface area contributed by atoms with Crippen LogP contribution in [-0.2, 0) is 0 Å². The highest BCUT2D eigenvalue weighted by Gasteiger charge is 2.13. The Labute approximate surface area is 211 Å². The standard InChI is InChI=1S/C34H26N2/c1-4-13-26(14-5-1)34-32-19-11-10-12-25(32)20-21-33(34)27-22-30(35-28-15-6-2-7-16-28)24-31(23-27)36-29-17-8-3-9-18-29/h1-24,35-36H. The molecule has 0 spiro atoms. The van der Waals surface area contributed by atoms with Crippen LogP contribution in [0.25, 0.3) is 33.0 Å². The van der Waals surface area contributed by atoms with E-state index in [1.807, 2.05) is 36.4 Å². The van der Waals surface area contributed by atoms with E-state index in [2.05, 4.69) is 120 Å². The Morgan fingerprint density at radius 1 is 0.361 bits per heavy atom. The Morgan fingerprint density at radius 2 is 0.889 bits per heavy atom. The molecule has 36 heavy (non-hydrogen) atoms. The summed E-state index contributed by atoms with van der Waals surface area (Å²) in [6, 6.07) is 51.0. The summed E-state index contributed by atoms with van der Waals surface area (Å²) >= 11 is 0. The number of hydrogen-bond acceptors (Lipinski definition) is 2. The van der Waals surface area contributed by atoms with Gasteiger partial charge in [-0.1, -0.05) is 103 Å². The molecule has 0 saturated heterocycles. The third-order valence-electron chi connectivity index (χ3n) is 6.36. The highest BCUT2D eigenvalue weighted by atomic mass is 14.9. The topological polar surface area (TPSA) is 24.1 Å². The van der Waals surface area contributed by atoms with Gasteiger partial charge in [-0.05, 0) is 75.5 Å². The molecule has 0 unspecified atom stereocenters. The zero-order chi connectivity index (χ0) is 24.2. The zero-order valence-corrected chi connectivity index (χ0v) is 19.9. The lowest BCUT2D eigenvalue weighted by Gasteiger charge is -2.17. The van der Waals surface area contributed by atoms with Gasteiger partial charge < -0.3 is 10.6 Å². The first-order valence-corrected chi connectivity index (χ1v) is 12.2. The van der Waals surface area contributed by atoms with Crippen LogP contribution in [0.2, 0.25) is 0 Å². The van der Waals surface area contributed by atoms with Crippen molar-refractivity contribution in [1.82, 2.24) is 0 Å². The van der Waals surface area contributed by atoms with E-state index in [4.69, 9.17) is 0 Å². The van der Waals surface area contributed by atoms with Gasteiger partial charge in [0.05, 0.1) is 0 Å². The van der Waals surface area contributed by atoms with Gasteiger partial charge in [0.15, 0.2) is 0 Å². The van der Waals surface area contributed by atoms with Crippen molar-refractivity contribution in [3.05, 3.63) is 146 Å². The first kappa shape index (κ1) is 21.7. The molecule has 2 nitrogen and oxygen atoms in total. The molecule has 0 radical (unpaired) electrons. The lowest BCUT2D eigenvalue weighted by atomic mass is 9.89. The summed E-state index contributed by atoms with van der Waals surface area (Å²) in [5, 5.41) is 9.68. The Kier molecular flexibility index (Phi) is 5.91. The van der Waals surface area contributed by atoms with Crippen LogP contribution < -0.4 is 10.6 Å². The van der Waals surface area contributed by atoms with Crippen molar-refractivity contribution in [3.63, 3.8) is 0 Å². The average Bonchev–Trinajstić information content (AvgIpc) is 2.94. The van der Waals surface area contributed by atoms with E-state index in [0.29, 0.717) is 0 Å². The van der Waals surface area contributed by atoms with E-state index < -0.39 is 0 Å². The monoisotopic (exact) mass is 462 g/mol. The molecule has 0 amide bonds. The van der Waals surface area contributed by atoms with Crippen LogP contribution in [0, 0.1) is 0 Å². The molecule has 0 bridgehead atoms. The van der Waals surface area contributed by atoms with Gasteiger partial charge in [0.2, 0.25) is 0 Å². The molecule has 172 valence electrons. The van der Waals surface area contributed by atoms with E-state index in [-0.39, 0.29) is 0 Å². The summed E-state index contributed by atoms with van der Waals surface area (Å²) in [6.07, 6.45) is 0. The minimum Gasteiger partial charge on any atom is -0.355 e. The predicted octanol–water partition coefficient (Wildman–Crippen LogP) is 9.66. The fourth-order valence-electron chi connectivity index (χ4n) is 4.73. The molecule has 0 aliphatic carbocycles. The maximum absolute atomic E-state index is 3.60. The van der Waals surface area contributed by atoms with Gasteiger partial charge in [-0.2, -0.15) is 0 Å². The van der Waals surface area contributed by atoms with Crippen molar-refractivity contribution >= 4 is 33.5 Å². The largest absolute Gasteiger partial charge is 0.355 e. The summed E-state index contributed by atoms with van der Waals surface area (Å²) in [7, 11) is 0. The Hall–Kier alpha value is -4.82. The van der Waals surface area contributed by atoms with E-state index in [1.165, 1.54) is 27.5 Å². The number of anilines is 4. The summed E-state index contributed by atoms with van der Waals surface area (Å²) in [6.45, 7) is 0. The van der Waals surface area contributed by atoms with Crippen molar-refractivity contribution < 1.29 is 0 Å². The highest BCUT2D eigenvalue weighted by molar-refractivity contribution is 6.04. The van der Waals surface area contributed by atoms with Gasteiger partial charge in [-0.25, -0.2) is 0 Å². The van der Waals surface area contributed by atoms with E-state index >= 15 is 0 Å². The molecule has 0 fully saturated rings. The molecule has 0 saturated carbocycles. The Balaban J connectivity index is 1.54. The minimum absolute atomic E-state index is 1.03. The van der Waals surface area contributed by atoms with Crippen molar-refractivity contribution in [2.75, 3.05) is 10.6 Å². The van der Waals surface area contributed by atoms with Crippen molar-refractivity contribution in [1.29, 1.82) is 0 Å². The number of hydrogen-bond donors (Lipinski definition) is 2. The highest BCUT2D eigenvalue weighted by Crippen LogP contribution is 2.40. The predicted molar refractivity (Wildman–Crippen MR) is 154 cm³/mol. The van der Waals surface area contributed by atoms with E-state index in [9.17, 15) is 0 Å². The van der Waals surface area contributed by atoms with Gasteiger partial charge in [-0.3, -0.25) is 0 Å². The quantitative estimate of drug-likeness (QED) is 0.257. The molecule has 6 aromatic carbocycles. The van der Waals surface area contributed by atoms with Gasteiger partial charge in [0, 0.05) is 22.7 Å². The number of nitrogens with one attached hydrogen (secondary N) is 2. The second-order valence-electron chi connectivity index (χ2n) is 8.86. The third kappa shape index (κ3) is 4.57. The van der Waals surface area contributed by atoms with Crippen LogP contribution in [-0.4, -0.2) is 0 Å². The van der Waals surface area contributed by atoms with Crippen LogP contribution in [0.3, 0.4) is 0 Å². The number of fused-ring (bicyclic) bond motifs is 1. The fourth-order valence-corrected chi connectivity index (χ4v) is 4.73. The molecule has 0 heterocycles. The third-order valence-corrected chi connectivity index (χ3v) is 6.36. The molecule has 0 aliphatic heterocycles. The van der Waals surface area contributed by atoms with Crippen LogP contribution in [0.15, 0.2) is 146 Å². The van der Waals surface area contributed by atoms with Gasteiger partial charge >= 0.3 is 0 Å². The van der Waals surface area contributed by atoms with Crippen LogP contribution >= 0.6 is 0 Å². The fraction of sp³-hybridized carbons (Fsp3) is 0. The van der Waals surface area contributed by atoms with Crippen LogP contribution in [0.5, 0.6) is 0 Å². The number of para-hydroxylation sites is 2. The van der Waals surface area contributed by atoms with Crippen molar-refractivity contribution in [2.24, 2.45) is 0 Å². The summed E-state index contributed by atoms with van der Waals surface area (Å²) in [5.74, 6) is 0. The summed E-state index contributed by atoms with van der Waals surface area (Å²) in [5.41, 5.74) is 8.99. The normalized spacial score (nSPS) is 10.8. The van der Waals surface area contributed by atoms with Gasteiger partial charge in [-0.15, -0.1) is 0 Å². The average molecular weight is 463 g/mol. The van der Waals surface area contributed by atoms with Gasteiger partial charge in [0.25, 0.3) is 0 Å². The van der Waals surface area contributed by atoms with E-state index in [0.717, 1.165) is 28.3 Å². The lowest BCUT2D eigenvalue weighted by molar-refractivity contribution is 1.51. The van der Waals surface area contributed by atoms with Crippen LogP contribution in [0.1, 0.15) is 0 Å². The van der Waals surface area contributed by atoms with Crippen molar-refractivity contribution in [2.45, 2.75) is 0 Å². The van der Waals surface area contributed by atoms with Crippen LogP contribution in [0.4, 0.5) is 22.7 Å². The molecule has 0 aromatic heterocycles. The molecule has 6 aromatic rings. The second kappa shape index (κ2) is 9.81. The zero-order valence-electron chi connectivity index (χ0n) is 19.9. The molecule has 2 heteroatoms. The molecular formula is C34H26N2. The minimum atomic E-state index is 1.03. The molecule has 0 atom stereocenters. The number of rotatable bonds is 6. The van der Waals surface area contributed by atoms with Gasteiger partial charge in [0.1, 0.15) is 0 Å². The molecule has 6 rings (SSSR count). The van der Waals surface area contributed by atoms with E-state index in [1.54, 1.807) is 0 Å². The first-order chi connectivity index (χ1) is 17.8. The Bertz CT molecular complexity index is 1550. The summed E-state index contributed by atoms with van der Waals surface area (Å²) in [4.78, 5) is 0. The number of benzene rings is 6.